The minimum absolute atomic E-state index is 0.0873. The molecule has 0 saturated carbocycles. The van der Waals surface area contributed by atoms with Crippen LogP contribution in [0.1, 0.15) is 29.7 Å². The van der Waals surface area contributed by atoms with Crippen molar-refractivity contribution < 1.29 is 31.0 Å². The second-order valence-corrected chi connectivity index (χ2v) is 11.5. The van der Waals surface area contributed by atoms with Gasteiger partial charge in [-0.2, -0.15) is 17.6 Å². The van der Waals surface area contributed by atoms with Gasteiger partial charge in [0.05, 0.1) is 6.04 Å². The molecular formula is C18H20F4N4O3S2. The van der Waals surface area contributed by atoms with Gasteiger partial charge in [0.15, 0.2) is 5.13 Å². The lowest BCUT2D eigenvalue weighted by Crippen LogP contribution is -2.52. The molecule has 0 N–H and O–H groups in total. The van der Waals surface area contributed by atoms with Gasteiger partial charge in [-0.1, -0.05) is 5.10 Å². The van der Waals surface area contributed by atoms with Crippen LogP contribution in [-0.4, -0.2) is 62.2 Å². The number of carbonyl (C=O) groups is 1. The highest BCUT2D eigenvalue weighted by atomic mass is 32.2. The van der Waals surface area contributed by atoms with Crippen molar-refractivity contribution in [3.63, 3.8) is 0 Å². The Morgan fingerprint density at radius 3 is 2.52 bits per heavy atom. The molecule has 0 radical (unpaired) electrons. The summed E-state index contributed by atoms with van der Waals surface area (Å²) in [6, 6.07) is 1.97. The standard InChI is InChI=1S/C18H20F4N4O3S2/c1-31(28)8-4-11(5-9-31)15(27)26-7-6-25(10-12(26)13-2-3-14(19)30-13)17-24-23-16(29-17)18(20,21)22/h2-3,11-12H,1,4-10H2. The van der Waals surface area contributed by atoms with Crippen LogP contribution in [-0.2, 0) is 20.5 Å². The van der Waals surface area contributed by atoms with E-state index in [-0.39, 0.29) is 37.5 Å². The van der Waals surface area contributed by atoms with Crippen molar-refractivity contribution in [3.8, 4) is 0 Å². The van der Waals surface area contributed by atoms with Crippen molar-refractivity contribution in [3.05, 3.63) is 28.0 Å². The zero-order valence-corrected chi connectivity index (χ0v) is 17.9. The van der Waals surface area contributed by atoms with E-state index < -0.39 is 32.8 Å². The Morgan fingerprint density at radius 1 is 1.23 bits per heavy atom. The molecule has 1 atom stereocenters. The fourth-order valence-corrected chi connectivity index (χ4v) is 6.34. The number of alkyl halides is 3. The van der Waals surface area contributed by atoms with E-state index in [0.717, 1.165) is 11.3 Å². The molecule has 2 fully saturated rings. The van der Waals surface area contributed by atoms with E-state index in [0.29, 0.717) is 29.2 Å². The lowest BCUT2D eigenvalue weighted by molar-refractivity contribution is -0.157. The van der Waals surface area contributed by atoms with Crippen molar-refractivity contribution >= 4 is 38.7 Å². The van der Waals surface area contributed by atoms with Gasteiger partial charge in [0.25, 0.3) is 0 Å². The Balaban J connectivity index is 1.56. The quantitative estimate of drug-likeness (QED) is 0.497. The van der Waals surface area contributed by atoms with E-state index in [1.54, 1.807) is 11.0 Å². The molecule has 7 nitrogen and oxygen atoms in total. The molecule has 0 spiro atoms. The molecule has 170 valence electrons. The highest BCUT2D eigenvalue weighted by molar-refractivity contribution is 8.00. The van der Waals surface area contributed by atoms with Crippen LogP contribution < -0.4 is 4.90 Å². The lowest BCUT2D eigenvalue weighted by Gasteiger charge is -2.42. The third-order valence-corrected chi connectivity index (χ3v) is 8.47. The first-order valence-corrected chi connectivity index (χ1v) is 12.5. The topological polar surface area (TPSA) is 79.5 Å². The average Bonchev–Trinajstić information content (AvgIpc) is 3.36. The summed E-state index contributed by atoms with van der Waals surface area (Å²) in [6.07, 6.45) is -3.83. The molecule has 13 heteroatoms. The SMILES string of the molecule is C=S1(=O)CCC(C(=O)N2CCN(c3nnc(C(F)(F)F)o3)CC2c2ccc(F)s2)CC1. The summed E-state index contributed by atoms with van der Waals surface area (Å²) in [7, 11) is -2.14. The molecule has 2 aromatic rings. The smallest absolute Gasteiger partial charge is 0.399 e. The predicted octanol–water partition coefficient (Wildman–Crippen LogP) is 2.81. The first-order chi connectivity index (χ1) is 14.5. The highest BCUT2D eigenvalue weighted by Gasteiger charge is 2.41. The first-order valence-electron chi connectivity index (χ1n) is 9.57. The molecule has 0 bridgehead atoms. The Morgan fingerprint density at radius 2 is 1.94 bits per heavy atom. The van der Waals surface area contributed by atoms with Gasteiger partial charge in [-0.25, -0.2) is 0 Å². The van der Waals surface area contributed by atoms with Gasteiger partial charge in [0.1, 0.15) is 0 Å². The molecule has 0 aliphatic carbocycles. The van der Waals surface area contributed by atoms with E-state index in [1.165, 1.54) is 11.0 Å². The summed E-state index contributed by atoms with van der Waals surface area (Å²) in [6.45, 7) is 0.474. The molecule has 4 heterocycles. The Hall–Kier alpha value is -2.15. The van der Waals surface area contributed by atoms with Crippen LogP contribution in [0, 0.1) is 11.0 Å². The minimum Gasteiger partial charge on any atom is -0.399 e. The third-order valence-electron chi connectivity index (χ3n) is 5.54. The maximum atomic E-state index is 13.7. The van der Waals surface area contributed by atoms with Crippen molar-refractivity contribution in [1.29, 1.82) is 0 Å². The second-order valence-electron chi connectivity index (χ2n) is 7.67. The van der Waals surface area contributed by atoms with Crippen LogP contribution in [0.4, 0.5) is 23.6 Å². The third kappa shape index (κ3) is 4.71. The largest absolute Gasteiger partial charge is 0.470 e. The number of nitrogens with zero attached hydrogens (tertiary/aromatic N) is 4. The van der Waals surface area contributed by atoms with Crippen LogP contribution in [0.3, 0.4) is 0 Å². The zero-order chi connectivity index (χ0) is 22.4. The summed E-state index contributed by atoms with van der Waals surface area (Å²) in [5.74, 6) is 2.59. The van der Waals surface area contributed by atoms with Crippen molar-refractivity contribution in [1.82, 2.24) is 15.1 Å². The van der Waals surface area contributed by atoms with Crippen LogP contribution in [0.25, 0.3) is 0 Å². The van der Waals surface area contributed by atoms with Crippen LogP contribution in [0.2, 0.25) is 0 Å². The van der Waals surface area contributed by atoms with E-state index >= 15 is 0 Å². The van der Waals surface area contributed by atoms with Crippen LogP contribution in [0.15, 0.2) is 16.5 Å². The van der Waals surface area contributed by atoms with E-state index in [4.69, 9.17) is 4.42 Å². The van der Waals surface area contributed by atoms with Gasteiger partial charge >= 0.3 is 18.1 Å². The Bertz CT molecular complexity index is 1050. The van der Waals surface area contributed by atoms with Gasteiger partial charge < -0.3 is 14.2 Å². The molecule has 4 rings (SSSR count). The normalized spacial score (nSPS) is 27.5. The van der Waals surface area contributed by atoms with Gasteiger partial charge in [-0.05, 0) is 40.4 Å². The monoisotopic (exact) mass is 480 g/mol. The number of hydrogen-bond donors (Lipinski definition) is 0. The number of piperazine rings is 1. The van der Waals surface area contributed by atoms with Crippen LogP contribution in [0.5, 0.6) is 0 Å². The summed E-state index contributed by atoms with van der Waals surface area (Å²) in [5.41, 5.74) is 0. The maximum Gasteiger partial charge on any atom is 0.470 e. The fraction of sp³-hybridized carbons (Fsp3) is 0.556. The second kappa shape index (κ2) is 8.08. The summed E-state index contributed by atoms with van der Waals surface area (Å²) in [4.78, 5) is 16.9. The van der Waals surface area contributed by atoms with Gasteiger partial charge in [-0.15, -0.1) is 16.4 Å². The Kier molecular flexibility index (Phi) is 5.75. The Labute approximate surface area is 180 Å². The number of amides is 1. The molecule has 2 aliphatic rings. The molecule has 2 saturated heterocycles. The van der Waals surface area contributed by atoms with E-state index in [2.05, 4.69) is 16.1 Å². The van der Waals surface area contributed by atoms with Gasteiger partial charge in [0.2, 0.25) is 5.91 Å². The number of hydrogen-bond acceptors (Lipinski definition) is 7. The number of aromatic nitrogens is 2. The number of thiophene rings is 1. The molecule has 2 aliphatic heterocycles. The predicted molar refractivity (Wildman–Crippen MR) is 108 cm³/mol. The number of rotatable bonds is 3. The molecular weight excluding hydrogens is 460 g/mol. The molecule has 2 aromatic heterocycles. The summed E-state index contributed by atoms with van der Waals surface area (Å²) < 4.78 is 69.0. The minimum atomic E-state index is -4.76. The molecule has 1 amide bonds. The van der Waals surface area contributed by atoms with E-state index in [9.17, 15) is 26.6 Å². The van der Waals surface area contributed by atoms with Crippen molar-refractivity contribution in [2.24, 2.45) is 5.92 Å². The van der Waals surface area contributed by atoms with Crippen molar-refractivity contribution in [2.75, 3.05) is 36.0 Å². The fourth-order valence-electron chi connectivity index (χ4n) is 3.87. The first kappa shape index (κ1) is 22.1. The van der Waals surface area contributed by atoms with E-state index in [1.807, 2.05) is 0 Å². The summed E-state index contributed by atoms with van der Waals surface area (Å²) in [5, 5.41) is 6.12. The molecule has 1 unspecified atom stereocenters. The molecule has 0 aromatic carbocycles. The maximum absolute atomic E-state index is 13.7. The number of anilines is 1. The van der Waals surface area contributed by atoms with Crippen molar-refractivity contribution in [2.45, 2.75) is 25.1 Å². The highest BCUT2D eigenvalue weighted by Crippen LogP contribution is 2.36. The summed E-state index contributed by atoms with van der Waals surface area (Å²) >= 11 is 0.879. The van der Waals surface area contributed by atoms with Crippen LogP contribution >= 0.6 is 11.3 Å². The average molecular weight is 481 g/mol. The van der Waals surface area contributed by atoms with Gasteiger partial charge in [0, 0.05) is 41.9 Å². The number of halogens is 4. The lowest BCUT2D eigenvalue weighted by atomic mass is 9.98. The zero-order valence-electron chi connectivity index (χ0n) is 16.3. The number of carbonyl (C=O) groups excluding carboxylic acids is 1. The molecule has 31 heavy (non-hydrogen) atoms. The van der Waals surface area contributed by atoms with Gasteiger partial charge in [-0.3, -0.25) is 9.00 Å².